The normalized spacial score (nSPS) is 10.6. The number of benzene rings is 2. The van der Waals surface area contributed by atoms with Crippen LogP contribution in [0, 0.1) is 19.7 Å². The van der Waals surface area contributed by atoms with Gasteiger partial charge in [-0.25, -0.2) is 9.37 Å². The molecule has 4 rings (SSSR count). The van der Waals surface area contributed by atoms with E-state index in [0.717, 1.165) is 0 Å². The van der Waals surface area contributed by atoms with E-state index in [9.17, 15) is 9.18 Å². The minimum Gasteiger partial charge on any atom is -0.439 e. The van der Waals surface area contributed by atoms with Crippen LogP contribution in [0.3, 0.4) is 0 Å². The molecule has 0 saturated heterocycles. The van der Waals surface area contributed by atoms with Crippen molar-refractivity contribution in [2.45, 2.75) is 13.8 Å². The monoisotopic (exact) mass is 402 g/mol. The topological polar surface area (TPSA) is 69.0 Å². The predicted octanol–water partition coefficient (Wildman–Crippen LogP) is 5.07. The summed E-state index contributed by atoms with van der Waals surface area (Å²) in [5.74, 6) is 1.47. The van der Waals surface area contributed by atoms with Crippen LogP contribution in [0.25, 0.3) is 5.82 Å². The van der Waals surface area contributed by atoms with Crippen LogP contribution in [0.2, 0.25) is 0 Å². The summed E-state index contributed by atoms with van der Waals surface area (Å²) < 4.78 is 21.4. The quantitative estimate of drug-likeness (QED) is 0.506. The minimum atomic E-state index is -0.411. The first-order chi connectivity index (χ1) is 14.5. The summed E-state index contributed by atoms with van der Waals surface area (Å²) in [7, 11) is 0. The average Bonchev–Trinajstić information content (AvgIpc) is 3.26. The number of hydrogen-bond donors (Lipinski definition) is 1. The molecule has 0 atom stereocenters. The molecule has 4 aromatic rings. The average molecular weight is 402 g/mol. The second-order valence-corrected chi connectivity index (χ2v) is 6.75. The standard InChI is InChI=1S/C23H19FN4O2/c1-15-5-6-17(13-20(15)24)23(29)27-18-7-9-19(10-8-18)30-22-14-21(25-16(2)26-22)28-11-3-4-12-28/h3-14H,1-2H3,(H,27,29). The third-order valence-electron chi connectivity index (χ3n) is 4.44. The Kier molecular flexibility index (Phi) is 5.26. The summed E-state index contributed by atoms with van der Waals surface area (Å²) in [5.41, 5.74) is 1.32. The lowest BCUT2D eigenvalue weighted by Gasteiger charge is -2.10. The number of nitrogens with zero attached hydrogens (tertiary/aromatic N) is 3. The van der Waals surface area contributed by atoms with E-state index in [1.165, 1.54) is 6.07 Å². The van der Waals surface area contributed by atoms with Crippen molar-refractivity contribution in [2.75, 3.05) is 5.32 Å². The fourth-order valence-corrected chi connectivity index (χ4v) is 2.86. The lowest BCUT2D eigenvalue weighted by Crippen LogP contribution is -2.12. The Morgan fingerprint density at radius 3 is 2.43 bits per heavy atom. The summed E-state index contributed by atoms with van der Waals surface area (Å²) in [6, 6.07) is 16.8. The molecule has 0 aliphatic heterocycles. The van der Waals surface area contributed by atoms with Gasteiger partial charge in [-0.1, -0.05) is 6.07 Å². The fourth-order valence-electron chi connectivity index (χ4n) is 2.86. The highest BCUT2D eigenvalue weighted by Gasteiger charge is 2.10. The molecule has 0 radical (unpaired) electrons. The maximum absolute atomic E-state index is 13.7. The molecule has 1 amide bonds. The van der Waals surface area contributed by atoms with E-state index in [0.29, 0.717) is 34.5 Å². The van der Waals surface area contributed by atoms with Crippen molar-refractivity contribution in [1.29, 1.82) is 0 Å². The molecule has 1 N–H and O–H groups in total. The van der Waals surface area contributed by atoms with Gasteiger partial charge < -0.3 is 14.6 Å². The molecule has 6 nitrogen and oxygen atoms in total. The van der Waals surface area contributed by atoms with Gasteiger partial charge in [0.25, 0.3) is 5.91 Å². The molecule has 0 saturated carbocycles. The largest absolute Gasteiger partial charge is 0.439 e. The van der Waals surface area contributed by atoms with Crippen LogP contribution >= 0.6 is 0 Å². The molecule has 0 fully saturated rings. The van der Waals surface area contributed by atoms with Gasteiger partial charge in [0.05, 0.1) is 0 Å². The van der Waals surface area contributed by atoms with Gasteiger partial charge >= 0.3 is 0 Å². The van der Waals surface area contributed by atoms with E-state index >= 15 is 0 Å². The molecular formula is C23H19FN4O2. The van der Waals surface area contributed by atoms with Crippen LogP contribution in [-0.4, -0.2) is 20.4 Å². The lowest BCUT2D eigenvalue weighted by molar-refractivity contribution is 0.102. The van der Waals surface area contributed by atoms with Crippen LogP contribution in [0.5, 0.6) is 11.6 Å². The van der Waals surface area contributed by atoms with E-state index in [1.807, 2.05) is 29.1 Å². The van der Waals surface area contributed by atoms with Gasteiger partial charge in [-0.2, -0.15) is 4.98 Å². The van der Waals surface area contributed by atoms with E-state index in [-0.39, 0.29) is 11.5 Å². The highest BCUT2D eigenvalue weighted by atomic mass is 19.1. The number of carbonyl (C=O) groups is 1. The molecule has 0 aliphatic rings. The van der Waals surface area contributed by atoms with Crippen LogP contribution in [-0.2, 0) is 0 Å². The first-order valence-corrected chi connectivity index (χ1v) is 9.32. The van der Waals surface area contributed by atoms with Gasteiger partial charge in [0.1, 0.15) is 23.2 Å². The fraction of sp³-hybridized carbons (Fsp3) is 0.0870. The number of carbonyl (C=O) groups excluding carboxylic acids is 1. The smallest absolute Gasteiger partial charge is 0.255 e. The third-order valence-corrected chi connectivity index (χ3v) is 4.44. The van der Waals surface area contributed by atoms with E-state index in [2.05, 4.69) is 15.3 Å². The van der Waals surface area contributed by atoms with Crippen molar-refractivity contribution < 1.29 is 13.9 Å². The predicted molar refractivity (Wildman–Crippen MR) is 112 cm³/mol. The third kappa shape index (κ3) is 4.35. The van der Waals surface area contributed by atoms with Crippen LogP contribution in [0.4, 0.5) is 10.1 Å². The molecule has 30 heavy (non-hydrogen) atoms. The molecule has 2 aromatic heterocycles. The van der Waals surface area contributed by atoms with Crippen molar-refractivity contribution in [2.24, 2.45) is 0 Å². The van der Waals surface area contributed by atoms with Crippen molar-refractivity contribution >= 4 is 11.6 Å². The highest BCUT2D eigenvalue weighted by molar-refractivity contribution is 6.04. The Hall–Kier alpha value is -4.00. The second-order valence-electron chi connectivity index (χ2n) is 6.75. The van der Waals surface area contributed by atoms with Gasteiger partial charge in [0.2, 0.25) is 5.88 Å². The molecule has 2 heterocycles. The summed E-state index contributed by atoms with van der Waals surface area (Å²) in [6.45, 7) is 3.45. The maximum atomic E-state index is 13.7. The zero-order chi connectivity index (χ0) is 21.1. The van der Waals surface area contributed by atoms with Crippen molar-refractivity contribution in [3.63, 3.8) is 0 Å². The number of nitrogens with one attached hydrogen (secondary N) is 1. The van der Waals surface area contributed by atoms with Gasteiger partial charge in [0, 0.05) is 29.7 Å². The molecule has 0 spiro atoms. The Bertz CT molecular complexity index is 1190. The van der Waals surface area contributed by atoms with Crippen LogP contribution in [0.1, 0.15) is 21.7 Å². The number of anilines is 1. The Labute approximate surface area is 173 Å². The summed E-state index contributed by atoms with van der Waals surface area (Å²) >= 11 is 0. The lowest BCUT2D eigenvalue weighted by atomic mass is 10.1. The summed E-state index contributed by atoms with van der Waals surface area (Å²) in [4.78, 5) is 21.0. The number of hydrogen-bond acceptors (Lipinski definition) is 4. The number of aromatic nitrogens is 3. The first-order valence-electron chi connectivity index (χ1n) is 9.32. The zero-order valence-corrected chi connectivity index (χ0v) is 16.5. The molecule has 0 unspecified atom stereocenters. The van der Waals surface area contributed by atoms with Crippen molar-refractivity contribution in [1.82, 2.24) is 14.5 Å². The Balaban J connectivity index is 1.46. The van der Waals surface area contributed by atoms with E-state index in [4.69, 9.17) is 4.74 Å². The summed E-state index contributed by atoms with van der Waals surface area (Å²) in [6.07, 6.45) is 3.78. The van der Waals surface area contributed by atoms with E-state index < -0.39 is 5.82 Å². The van der Waals surface area contributed by atoms with Crippen LogP contribution in [0.15, 0.2) is 73.1 Å². The first kappa shape index (κ1) is 19.3. The van der Waals surface area contributed by atoms with Crippen molar-refractivity contribution in [3.8, 4) is 17.4 Å². The van der Waals surface area contributed by atoms with Gasteiger partial charge in [-0.15, -0.1) is 0 Å². The molecule has 150 valence electrons. The molecule has 0 bridgehead atoms. The SMILES string of the molecule is Cc1nc(Oc2ccc(NC(=O)c3ccc(C)c(F)c3)cc2)cc(-n2cccc2)n1. The molecular weight excluding hydrogens is 383 g/mol. The van der Waals surface area contributed by atoms with Gasteiger partial charge in [-0.05, 0) is 67.9 Å². The molecule has 2 aromatic carbocycles. The Morgan fingerprint density at radius 1 is 1.00 bits per heavy atom. The number of rotatable bonds is 5. The highest BCUT2D eigenvalue weighted by Crippen LogP contribution is 2.23. The molecule has 7 heteroatoms. The Morgan fingerprint density at radius 2 is 1.73 bits per heavy atom. The van der Waals surface area contributed by atoms with Gasteiger partial charge in [-0.3, -0.25) is 4.79 Å². The van der Waals surface area contributed by atoms with E-state index in [1.54, 1.807) is 56.3 Å². The number of amides is 1. The number of ether oxygens (including phenoxy) is 1. The van der Waals surface area contributed by atoms with Gasteiger partial charge in [0.15, 0.2) is 0 Å². The van der Waals surface area contributed by atoms with Crippen molar-refractivity contribution in [3.05, 3.63) is 95.8 Å². The number of aryl methyl sites for hydroxylation is 2. The second kappa shape index (κ2) is 8.16. The van der Waals surface area contributed by atoms with Crippen LogP contribution < -0.4 is 10.1 Å². The molecule has 0 aliphatic carbocycles. The minimum absolute atomic E-state index is 0.257. The number of halogens is 1. The maximum Gasteiger partial charge on any atom is 0.255 e. The zero-order valence-electron chi connectivity index (χ0n) is 16.5. The summed E-state index contributed by atoms with van der Waals surface area (Å²) in [5, 5.41) is 2.74.